The molecular formula is C14H17F4NS. The van der Waals surface area contributed by atoms with Gasteiger partial charge in [-0.15, -0.1) is 0 Å². The molecule has 1 aliphatic rings. The average Bonchev–Trinajstić information content (AvgIpc) is 2.29. The molecule has 0 radical (unpaired) electrons. The molecule has 1 nitrogen and oxygen atoms in total. The number of nitrogens with one attached hydrogen (secondary N) is 1. The normalized spacial score (nSPS) is 22.6. The predicted octanol–water partition coefficient (Wildman–Crippen LogP) is 4.79. The Balaban J connectivity index is 2.14. The minimum absolute atomic E-state index is 0.107. The van der Waals surface area contributed by atoms with Crippen LogP contribution in [0.3, 0.4) is 0 Å². The Kier molecular flexibility index (Phi) is 4.23. The second-order valence-electron chi connectivity index (χ2n) is 5.92. The summed E-state index contributed by atoms with van der Waals surface area (Å²) in [6, 6.07) is 3.18. The number of alkyl halides is 3. The van der Waals surface area contributed by atoms with Crippen molar-refractivity contribution in [2.75, 3.05) is 16.8 Å². The zero-order valence-electron chi connectivity index (χ0n) is 11.4. The molecule has 1 aromatic rings. The third-order valence-corrected chi connectivity index (χ3v) is 4.88. The average molecular weight is 307 g/mol. The fourth-order valence-corrected chi connectivity index (χ4v) is 3.70. The number of thioether (sulfide) groups is 1. The molecule has 1 N–H and O–H groups in total. The van der Waals surface area contributed by atoms with Crippen molar-refractivity contribution in [1.29, 1.82) is 0 Å². The summed E-state index contributed by atoms with van der Waals surface area (Å²) in [5, 5.41) is 3.09. The summed E-state index contributed by atoms with van der Waals surface area (Å²) in [6.07, 6.45) is -3.78. The fraction of sp³-hybridized carbons (Fsp3) is 0.571. The lowest BCUT2D eigenvalue weighted by atomic mass is 9.88. The van der Waals surface area contributed by atoms with Crippen LogP contribution in [-0.2, 0) is 6.18 Å². The van der Waals surface area contributed by atoms with Crippen LogP contribution in [0.5, 0.6) is 0 Å². The van der Waals surface area contributed by atoms with Gasteiger partial charge in [-0.25, -0.2) is 4.39 Å². The summed E-state index contributed by atoms with van der Waals surface area (Å²) in [5.41, 5.74) is -0.736. The molecule has 1 atom stereocenters. The van der Waals surface area contributed by atoms with Gasteiger partial charge in [0.1, 0.15) is 5.82 Å². The standard InChI is InChI=1S/C14H17F4NS/c1-13(2)6-10(7-20-8-13)19-9-3-4-12(15)11(5-9)14(16,17)18/h3-5,10,19H,6-8H2,1-2H3. The minimum Gasteiger partial charge on any atom is -0.381 e. The maximum Gasteiger partial charge on any atom is 0.419 e. The van der Waals surface area contributed by atoms with Crippen molar-refractivity contribution < 1.29 is 17.6 Å². The van der Waals surface area contributed by atoms with Gasteiger partial charge in [0.05, 0.1) is 5.56 Å². The molecule has 0 saturated carbocycles. The molecule has 1 heterocycles. The SMILES string of the molecule is CC1(C)CSCC(Nc2ccc(F)c(C(F)(F)F)c2)C1. The Morgan fingerprint density at radius 1 is 1.30 bits per heavy atom. The third-order valence-electron chi connectivity index (χ3n) is 3.25. The molecule has 0 aliphatic carbocycles. The first-order chi connectivity index (χ1) is 9.17. The molecular weight excluding hydrogens is 290 g/mol. The highest BCUT2D eigenvalue weighted by Gasteiger charge is 2.34. The number of benzene rings is 1. The summed E-state index contributed by atoms with van der Waals surface area (Å²) in [5.74, 6) is 0.659. The van der Waals surface area contributed by atoms with E-state index in [0.717, 1.165) is 30.1 Å². The Morgan fingerprint density at radius 2 is 2.00 bits per heavy atom. The Labute approximate surface area is 120 Å². The summed E-state index contributed by atoms with van der Waals surface area (Å²) < 4.78 is 51.2. The molecule has 1 fully saturated rings. The van der Waals surface area contributed by atoms with E-state index in [1.807, 2.05) is 0 Å². The van der Waals surface area contributed by atoms with Gasteiger partial charge in [0.25, 0.3) is 0 Å². The molecule has 6 heteroatoms. The van der Waals surface area contributed by atoms with Crippen molar-refractivity contribution in [2.45, 2.75) is 32.5 Å². The van der Waals surface area contributed by atoms with Crippen LogP contribution >= 0.6 is 11.8 Å². The van der Waals surface area contributed by atoms with Crippen LogP contribution in [0.2, 0.25) is 0 Å². The molecule has 0 spiro atoms. The first-order valence-corrected chi connectivity index (χ1v) is 7.54. The van der Waals surface area contributed by atoms with Crippen LogP contribution < -0.4 is 5.32 Å². The molecule has 2 rings (SSSR count). The molecule has 1 aliphatic heterocycles. The first-order valence-electron chi connectivity index (χ1n) is 6.38. The van der Waals surface area contributed by atoms with Crippen LogP contribution in [0, 0.1) is 11.2 Å². The molecule has 1 aromatic carbocycles. The Morgan fingerprint density at radius 3 is 2.60 bits per heavy atom. The van der Waals surface area contributed by atoms with E-state index in [-0.39, 0.29) is 11.5 Å². The largest absolute Gasteiger partial charge is 0.419 e. The van der Waals surface area contributed by atoms with Gasteiger partial charge in [-0.05, 0) is 35.8 Å². The number of anilines is 1. The topological polar surface area (TPSA) is 12.0 Å². The van der Waals surface area contributed by atoms with Gasteiger partial charge in [0.2, 0.25) is 0 Å². The van der Waals surface area contributed by atoms with Crippen molar-refractivity contribution in [3.05, 3.63) is 29.6 Å². The van der Waals surface area contributed by atoms with E-state index >= 15 is 0 Å². The minimum atomic E-state index is -4.66. The molecule has 1 saturated heterocycles. The molecule has 0 bridgehead atoms. The van der Waals surface area contributed by atoms with Crippen LogP contribution in [0.25, 0.3) is 0 Å². The van der Waals surface area contributed by atoms with E-state index < -0.39 is 17.6 Å². The van der Waals surface area contributed by atoms with Gasteiger partial charge < -0.3 is 5.32 Å². The van der Waals surface area contributed by atoms with Crippen LogP contribution in [0.4, 0.5) is 23.2 Å². The van der Waals surface area contributed by atoms with Crippen molar-refractivity contribution in [1.82, 2.24) is 0 Å². The zero-order chi connectivity index (χ0) is 15.0. The molecule has 0 aromatic heterocycles. The summed E-state index contributed by atoms with van der Waals surface area (Å²) in [6.45, 7) is 4.28. The highest BCUT2D eigenvalue weighted by molar-refractivity contribution is 7.99. The second-order valence-corrected chi connectivity index (χ2v) is 6.95. The molecule has 20 heavy (non-hydrogen) atoms. The van der Waals surface area contributed by atoms with E-state index in [2.05, 4.69) is 19.2 Å². The molecule has 0 amide bonds. The molecule has 112 valence electrons. The van der Waals surface area contributed by atoms with Gasteiger partial charge in [-0.1, -0.05) is 13.8 Å². The summed E-state index contributed by atoms with van der Waals surface area (Å²) in [7, 11) is 0. The van der Waals surface area contributed by atoms with Gasteiger partial charge in [-0.2, -0.15) is 24.9 Å². The van der Waals surface area contributed by atoms with Crippen LogP contribution in [0.15, 0.2) is 18.2 Å². The number of hydrogen-bond acceptors (Lipinski definition) is 2. The van der Waals surface area contributed by atoms with E-state index in [1.165, 1.54) is 6.07 Å². The maximum absolute atomic E-state index is 13.2. The number of halogens is 4. The smallest absolute Gasteiger partial charge is 0.381 e. The Bertz CT molecular complexity index is 485. The predicted molar refractivity (Wildman–Crippen MR) is 74.5 cm³/mol. The quantitative estimate of drug-likeness (QED) is 0.789. The van der Waals surface area contributed by atoms with Gasteiger partial charge in [0.15, 0.2) is 0 Å². The lowest BCUT2D eigenvalue weighted by Crippen LogP contribution is -2.35. The van der Waals surface area contributed by atoms with Crippen molar-refractivity contribution >= 4 is 17.4 Å². The second kappa shape index (κ2) is 5.47. The van der Waals surface area contributed by atoms with Crippen molar-refractivity contribution in [3.8, 4) is 0 Å². The highest BCUT2D eigenvalue weighted by Crippen LogP contribution is 2.36. The van der Waals surface area contributed by atoms with Gasteiger partial charge in [0, 0.05) is 17.5 Å². The van der Waals surface area contributed by atoms with Crippen molar-refractivity contribution in [2.24, 2.45) is 5.41 Å². The first kappa shape index (κ1) is 15.5. The zero-order valence-corrected chi connectivity index (χ0v) is 12.2. The number of hydrogen-bond donors (Lipinski definition) is 1. The monoisotopic (exact) mass is 307 g/mol. The highest BCUT2D eigenvalue weighted by atomic mass is 32.2. The van der Waals surface area contributed by atoms with E-state index in [9.17, 15) is 17.6 Å². The lowest BCUT2D eigenvalue weighted by Gasteiger charge is -2.35. The van der Waals surface area contributed by atoms with Gasteiger partial charge >= 0.3 is 6.18 Å². The fourth-order valence-electron chi connectivity index (χ4n) is 2.42. The van der Waals surface area contributed by atoms with Crippen LogP contribution in [-0.4, -0.2) is 17.5 Å². The summed E-state index contributed by atoms with van der Waals surface area (Å²) >= 11 is 1.78. The maximum atomic E-state index is 13.2. The van der Waals surface area contributed by atoms with Crippen LogP contribution in [0.1, 0.15) is 25.8 Å². The third kappa shape index (κ3) is 3.81. The Hall–Kier alpha value is -0.910. The van der Waals surface area contributed by atoms with E-state index in [4.69, 9.17) is 0 Å². The molecule has 1 unspecified atom stereocenters. The summed E-state index contributed by atoms with van der Waals surface area (Å²) in [4.78, 5) is 0. The van der Waals surface area contributed by atoms with Gasteiger partial charge in [-0.3, -0.25) is 0 Å². The number of rotatable bonds is 2. The van der Waals surface area contributed by atoms with Crippen molar-refractivity contribution in [3.63, 3.8) is 0 Å². The van der Waals surface area contributed by atoms with E-state index in [0.29, 0.717) is 5.69 Å². The van der Waals surface area contributed by atoms with E-state index in [1.54, 1.807) is 11.8 Å². The lowest BCUT2D eigenvalue weighted by molar-refractivity contribution is -0.139.